The van der Waals surface area contributed by atoms with Gasteiger partial charge in [-0.15, -0.1) is 11.3 Å². The molecule has 5 nitrogen and oxygen atoms in total. The first-order chi connectivity index (χ1) is 15.2. The first-order valence-corrected chi connectivity index (χ1v) is 11.3. The second-order valence-corrected chi connectivity index (χ2v) is 8.85. The van der Waals surface area contributed by atoms with Crippen molar-refractivity contribution in [2.75, 3.05) is 0 Å². The number of benzene rings is 2. The normalized spacial score (nSPS) is 13.2. The van der Waals surface area contributed by atoms with Crippen LogP contribution in [0.2, 0.25) is 0 Å². The van der Waals surface area contributed by atoms with E-state index in [1.807, 2.05) is 42.5 Å². The van der Waals surface area contributed by atoms with E-state index in [1.54, 1.807) is 15.7 Å². The van der Waals surface area contributed by atoms with Gasteiger partial charge in [-0.3, -0.25) is 14.0 Å². The predicted molar refractivity (Wildman–Crippen MR) is 121 cm³/mol. The molecule has 0 fully saturated rings. The number of rotatable bonds is 5. The van der Waals surface area contributed by atoms with Gasteiger partial charge in [0.2, 0.25) is 0 Å². The quantitative estimate of drug-likeness (QED) is 0.435. The summed E-state index contributed by atoms with van der Waals surface area (Å²) in [6.07, 6.45) is 4.39. The SMILES string of the molecule is O=C(Cc1ccc(-c2ccccc2)cc1)OCc1cc(=O)n2c3c(sc2n1)CCCC3. The number of thiazole rings is 1. The minimum atomic E-state index is -0.333. The van der Waals surface area contributed by atoms with Crippen molar-refractivity contribution in [2.45, 2.75) is 38.7 Å². The van der Waals surface area contributed by atoms with Gasteiger partial charge in [-0.05, 0) is 42.4 Å². The molecular weight excluding hydrogens is 408 g/mol. The number of fused-ring (bicyclic) bond motifs is 3. The lowest BCUT2D eigenvalue weighted by Crippen LogP contribution is -2.19. The smallest absolute Gasteiger partial charge is 0.310 e. The lowest BCUT2D eigenvalue weighted by atomic mass is 10.0. The number of ether oxygens (including phenoxy) is 1. The van der Waals surface area contributed by atoms with Crippen LogP contribution in [0.1, 0.15) is 34.7 Å². The highest BCUT2D eigenvalue weighted by Gasteiger charge is 2.18. The standard InChI is InChI=1S/C25H22N2O3S/c28-23-15-20(26-25-27(23)21-8-4-5-9-22(21)31-25)16-30-24(29)14-17-10-12-19(13-11-17)18-6-2-1-3-7-18/h1-3,6-7,10-13,15H,4-5,8-9,14,16H2. The summed E-state index contributed by atoms with van der Waals surface area (Å²) in [5.74, 6) is -0.333. The molecule has 2 heterocycles. The van der Waals surface area contributed by atoms with Crippen molar-refractivity contribution in [1.82, 2.24) is 9.38 Å². The molecular formula is C25H22N2O3S. The molecule has 0 amide bonds. The highest BCUT2D eigenvalue weighted by Crippen LogP contribution is 2.28. The molecule has 0 saturated carbocycles. The summed E-state index contributed by atoms with van der Waals surface area (Å²) >= 11 is 1.58. The van der Waals surface area contributed by atoms with Crippen LogP contribution in [-0.4, -0.2) is 15.4 Å². The van der Waals surface area contributed by atoms with Crippen molar-refractivity contribution in [3.05, 3.63) is 92.8 Å². The van der Waals surface area contributed by atoms with Crippen molar-refractivity contribution in [3.8, 4) is 11.1 Å². The lowest BCUT2D eigenvalue weighted by Gasteiger charge is -2.10. The average Bonchev–Trinajstić information content (AvgIpc) is 3.18. The van der Waals surface area contributed by atoms with Crippen molar-refractivity contribution < 1.29 is 9.53 Å². The molecule has 4 aromatic rings. The largest absolute Gasteiger partial charge is 0.459 e. The van der Waals surface area contributed by atoms with Crippen LogP contribution in [0, 0.1) is 0 Å². The van der Waals surface area contributed by atoms with Crippen LogP contribution < -0.4 is 5.56 Å². The molecule has 31 heavy (non-hydrogen) atoms. The van der Waals surface area contributed by atoms with Crippen molar-refractivity contribution in [1.29, 1.82) is 0 Å². The summed E-state index contributed by atoms with van der Waals surface area (Å²) in [5.41, 5.74) is 4.64. The molecule has 6 heteroatoms. The van der Waals surface area contributed by atoms with E-state index in [9.17, 15) is 9.59 Å². The molecule has 0 saturated heterocycles. The Balaban J connectivity index is 1.24. The van der Waals surface area contributed by atoms with E-state index in [4.69, 9.17) is 4.74 Å². The second-order valence-electron chi connectivity index (χ2n) is 7.78. The zero-order valence-electron chi connectivity index (χ0n) is 17.0. The fraction of sp³-hybridized carbons (Fsp3) is 0.240. The van der Waals surface area contributed by atoms with Gasteiger partial charge >= 0.3 is 5.97 Å². The van der Waals surface area contributed by atoms with Gasteiger partial charge in [0.25, 0.3) is 5.56 Å². The van der Waals surface area contributed by atoms with Gasteiger partial charge in [-0.2, -0.15) is 0 Å². The summed E-state index contributed by atoms with van der Waals surface area (Å²) in [7, 11) is 0. The molecule has 0 bridgehead atoms. The molecule has 1 aliphatic rings. The van der Waals surface area contributed by atoms with Crippen LogP contribution in [0.5, 0.6) is 0 Å². The van der Waals surface area contributed by atoms with E-state index < -0.39 is 0 Å². The highest BCUT2D eigenvalue weighted by atomic mass is 32.1. The Morgan fingerprint density at radius 3 is 2.55 bits per heavy atom. The van der Waals surface area contributed by atoms with Gasteiger partial charge in [0.1, 0.15) is 6.61 Å². The molecule has 0 radical (unpaired) electrons. The average molecular weight is 431 g/mol. The zero-order valence-corrected chi connectivity index (χ0v) is 17.9. The van der Waals surface area contributed by atoms with Gasteiger partial charge in [0, 0.05) is 16.6 Å². The van der Waals surface area contributed by atoms with Crippen molar-refractivity contribution >= 4 is 22.3 Å². The van der Waals surface area contributed by atoms with E-state index in [0.29, 0.717) is 10.7 Å². The fourth-order valence-electron chi connectivity index (χ4n) is 4.03. The molecule has 5 rings (SSSR count). The Morgan fingerprint density at radius 1 is 1.00 bits per heavy atom. The van der Waals surface area contributed by atoms with Crippen molar-refractivity contribution in [3.63, 3.8) is 0 Å². The monoisotopic (exact) mass is 430 g/mol. The lowest BCUT2D eigenvalue weighted by molar-refractivity contribution is -0.144. The fourth-order valence-corrected chi connectivity index (χ4v) is 5.27. The number of aryl methyl sites for hydroxylation is 2. The first kappa shape index (κ1) is 19.7. The molecule has 0 atom stereocenters. The number of esters is 1. The molecule has 2 aromatic heterocycles. The summed E-state index contributed by atoms with van der Waals surface area (Å²) in [6, 6.07) is 19.5. The minimum Gasteiger partial charge on any atom is -0.459 e. The number of hydrogen-bond donors (Lipinski definition) is 0. The third-order valence-corrected chi connectivity index (χ3v) is 6.75. The Hall–Kier alpha value is -3.25. The van der Waals surface area contributed by atoms with Crippen LogP contribution in [0.3, 0.4) is 0 Å². The van der Waals surface area contributed by atoms with Crippen LogP contribution in [0.4, 0.5) is 0 Å². The van der Waals surface area contributed by atoms with Crippen molar-refractivity contribution in [2.24, 2.45) is 0 Å². The van der Waals surface area contributed by atoms with E-state index >= 15 is 0 Å². The number of hydrogen-bond acceptors (Lipinski definition) is 5. The van der Waals surface area contributed by atoms with E-state index in [2.05, 4.69) is 17.1 Å². The van der Waals surface area contributed by atoms with E-state index in [-0.39, 0.29) is 24.6 Å². The number of carbonyl (C=O) groups is 1. The number of carbonyl (C=O) groups excluding carboxylic acids is 1. The van der Waals surface area contributed by atoms with Crippen LogP contribution in [0.25, 0.3) is 16.1 Å². The maximum absolute atomic E-state index is 12.6. The van der Waals surface area contributed by atoms with Gasteiger partial charge in [0.15, 0.2) is 4.96 Å². The third-order valence-electron chi connectivity index (χ3n) is 5.61. The number of nitrogens with zero attached hydrogens (tertiary/aromatic N) is 2. The predicted octanol–water partition coefficient (Wildman–Crippen LogP) is 4.59. The summed E-state index contributed by atoms with van der Waals surface area (Å²) in [5, 5.41) is 0. The Bertz CT molecular complexity index is 1290. The maximum atomic E-state index is 12.6. The van der Waals surface area contributed by atoms with Crippen LogP contribution >= 0.6 is 11.3 Å². The van der Waals surface area contributed by atoms with E-state index in [0.717, 1.165) is 48.1 Å². The Kier molecular flexibility index (Phi) is 5.38. The highest BCUT2D eigenvalue weighted by molar-refractivity contribution is 7.17. The molecule has 0 aliphatic heterocycles. The van der Waals surface area contributed by atoms with Gasteiger partial charge < -0.3 is 4.74 Å². The Labute approximate surface area is 184 Å². The Morgan fingerprint density at radius 2 is 1.74 bits per heavy atom. The van der Waals surface area contributed by atoms with Gasteiger partial charge in [0.05, 0.1) is 12.1 Å². The summed E-state index contributed by atoms with van der Waals surface area (Å²) < 4.78 is 7.13. The summed E-state index contributed by atoms with van der Waals surface area (Å²) in [6.45, 7) is 0.00917. The van der Waals surface area contributed by atoms with Gasteiger partial charge in [-0.1, -0.05) is 54.6 Å². The maximum Gasteiger partial charge on any atom is 0.310 e. The molecule has 2 aromatic carbocycles. The summed E-state index contributed by atoms with van der Waals surface area (Å²) in [4.78, 5) is 31.4. The second kappa shape index (κ2) is 8.47. The molecule has 156 valence electrons. The van der Waals surface area contributed by atoms with Gasteiger partial charge in [-0.25, -0.2) is 4.98 Å². The number of aromatic nitrogens is 2. The topological polar surface area (TPSA) is 60.7 Å². The molecule has 1 aliphatic carbocycles. The third kappa shape index (κ3) is 4.16. The van der Waals surface area contributed by atoms with Crippen LogP contribution in [0.15, 0.2) is 65.5 Å². The first-order valence-electron chi connectivity index (χ1n) is 10.5. The molecule has 0 N–H and O–H groups in total. The molecule has 0 spiro atoms. The zero-order chi connectivity index (χ0) is 21.2. The van der Waals surface area contributed by atoms with E-state index in [1.165, 1.54) is 10.9 Å². The van der Waals surface area contributed by atoms with Crippen LogP contribution in [-0.2, 0) is 35.4 Å². The minimum absolute atomic E-state index is 0.00917. The molecule has 0 unspecified atom stereocenters.